The molecule has 0 saturated carbocycles. The number of H-pyrrole nitrogens is 1. The molecular weight excluding hydrogens is 464 g/mol. The van der Waals surface area contributed by atoms with Crippen LogP contribution in [0.2, 0.25) is 0 Å². The standard InChI is InChI=1S/C21H10F4N4O3S/c22-11-1-2-14(23)17(6-11)33(31,32)29-16-4-3-15(24)18(19(16)25)20(30)13-9-28-21-12(13)5-10(7-26)8-27-21/h1-6,8-9,29H,(H,27,28). The lowest BCUT2D eigenvalue weighted by molar-refractivity contribution is 0.103. The number of carbonyl (C=O) groups is 1. The molecule has 12 heteroatoms. The van der Waals surface area contributed by atoms with E-state index in [4.69, 9.17) is 5.26 Å². The van der Waals surface area contributed by atoms with E-state index in [1.54, 1.807) is 4.72 Å². The Bertz CT molecular complexity index is 1590. The van der Waals surface area contributed by atoms with Crippen molar-refractivity contribution in [3.63, 3.8) is 0 Å². The molecule has 4 aromatic rings. The van der Waals surface area contributed by atoms with Gasteiger partial charge in [-0.1, -0.05) is 0 Å². The number of nitrogens with zero attached hydrogens (tertiary/aromatic N) is 2. The molecule has 0 aliphatic rings. The maximum atomic E-state index is 15.1. The van der Waals surface area contributed by atoms with Crippen molar-refractivity contribution in [2.45, 2.75) is 4.90 Å². The highest BCUT2D eigenvalue weighted by atomic mass is 32.2. The Morgan fingerprint density at radius 2 is 1.79 bits per heavy atom. The van der Waals surface area contributed by atoms with Crippen LogP contribution in [0.15, 0.2) is 53.7 Å². The van der Waals surface area contributed by atoms with E-state index in [1.165, 1.54) is 12.3 Å². The fraction of sp³-hybridized carbons (Fsp3) is 0. The van der Waals surface area contributed by atoms with E-state index < -0.39 is 55.2 Å². The summed E-state index contributed by atoms with van der Waals surface area (Å²) in [5, 5.41) is 9.14. The molecule has 0 atom stereocenters. The molecule has 4 rings (SSSR count). The zero-order valence-electron chi connectivity index (χ0n) is 16.2. The highest BCUT2D eigenvalue weighted by Gasteiger charge is 2.27. The molecule has 2 aromatic carbocycles. The molecule has 2 heterocycles. The topological polar surface area (TPSA) is 116 Å². The number of rotatable bonds is 5. The largest absolute Gasteiger partial charge is 0.345 e. The van der Waals surface area contributed by atoms with Gasteiger partial charge in [0.2, 0.25) is 5.78 Å². The zero-order chi connectivity index (χ0) is 23.9. The summed E-state index contributed by atoms with van der Waals surface area (Å²) in [6.07, 6.45) is 2.37. The molecule has 0 aliphatic carbocycles. The van der Waals surface area contributed by atoms with Crippen LogP contribution < -0.4 is 4.72 Å². The predicted octanol–water partition coefficient (Wildman–Crippen LogP) is 4.02. The number of anilines is 1. The molecule has 7 nitrogen and oxygen atoms in total. The molecule has 0 amide bonds. The van der Waals surface area contributed by atoms with Crippen LogP contribution in [-0.2, 0) is 10.0 Å². The minimum atomic E-state index is -4.83. The van der Waals surface area contributed by atoms with Crippen LogP contribution >= 0.6 is 0 Å². The number of sulfonamides is 1. The van der Waals surface area contributed by atoms with E-state index in [0.717, 1.165) is 6.20 Å². The highest BCUT2D eigenvalue weighted by Crippen LogP contribution is 2.29. The van der Waals surface area contributed by atoms with E-state index in [1.807, 2.05) is 6.07 Å². The van der Waals surface area contributed by atoms with Crippen LogP contribution in [0, 0.1) is 34.6 Å². The van der Waals surface area contributed by atoms with Gasteiger partial charge in [0.05, 0.1) is 16.8 Å². The number of carbonyl (C=O) groups excluding carboxylic acids is 1. The second-order valence-corrected chi connectivity index (χ2v) is 8.38. The van der Waals surface area contributed by atoms with Gasteiger partial charge in [0.1, 0.15) is 34.1 Å². The lowest BCUT2D eigenvalue weighted by atomic mass is 10.0. The van der Waals surface area contributed by atoms with Gasteiger partial charge in [-0.15, -0.1) is 0 Å². The van der Waals surface area contributed by atoms with E-state index >= 15 is 4.39 Å². The average Bonchev–Trinajstić information content (AvgIpc) is 3.20. The number of fused-ring (bicyclic) bond motifs is 1. The number of halogens is 4. The molecule has 0 bridgehead atoms. The molecule has 33 heavy (non-hydrogen) atoms. The van der Waals surface area contributed by atoms with Crippen molar-refractivity contribution in [1.29, 1.82) is 5.26 Å². The van der Waals surface area contributed by atoms with Gasteiger partial charge in [0.15, 0.2) is 5.82 Å². The van der Waals surface area contributed by atoms with Gasteiger partial charge in [-0.3, -0.25) is 9.52 Å². The van der Waals surface area contributed by atoms with Gasteiger partial charge >= 0.3 is 0 Å². The van der Waals surface area contributed by atoms with Gasteiger partial charge in [-0.25, -0.2) is 31.0 Å². The number of nitriles is 1. The first-order valence-corrected chi connectivity index (χ1v) is 10.5. The molecular formula is C21H10F4N4O3S. The average molecular weight is 474 g/mol. The summed E-state index contributed by atoms with van der Waals surface area (Å²) in [5.74, 6) is -6.39. The molecule has 166 valence electrons. The monoisotopic (exact) mass is 474 g/mol. The quantitative estimate of drug-likeness (QED) is 0.335. The molecule has 0 radical (unpaired) electrons. The Kier molecular flexibility index (Phi) is 5.35. The van der Waals surface area contributed by atoms with Crippen LogP contribution in [0.1, 0.15) is 21.5 Å². The lowest BCUT2D eigenvalue weighted by Crippen LogP contribution is -2.17. The Balaban J connectivity index is 1.79. The van der Waals surface area contributed by atoms with E-state index in [2.05, 4.69) is 9.97 Å². The number of aromatic amines is 1. The van der Waals surface area contributed by atoms with Crippen molar-refractivity contribution >= 4 is 32.5 Å². The molecule has 0 fully saturated rings. The fourth-order valence-corrected chi connectivity index (χ4v) is 4.26. The lowest BCUT2D eigenvalue weighted by Gasteiger charge is -2.12. The number of aromatic nitrogens is 2. The van der Waals surface area contributed by atoms with Gasteiger partial charge in [0.25, 0.3) is 10.0 Å². The summed E-state index contributed by atoms with van der Waals surface area (Å²) in [6, 6.07) is 6.10. The molecule has 0 aliphatic heterocycles. The molecule has 0 saturated heterocycles. The van der Waals surface area contributed by atoms with Crippen LogP contribution in [0.5, 0.6) is 0 Å². The Morgan fingerprint density at radius 1 is 1.06 bits per heavy atom. The van der Waals surface area contributed by atoms with Crippen LogP contribution in [0.3, 0.4) is 0 Å². The SMILES string of the molecule is N#Cc1cnc2[nH]cc(C(=O)c3c(F)ccc(NS(=O)(=O)c4cc(F)ccc4F)c3F)c2c1. The van der Waals surface area contributed by atoms with Crippen molar-refractivity contribution < 1.29 is 30.8 Å². The minimum Gasteiger partial charge on any atom is -0.345 e. The number of nitrogens with one attached hydrogen (secondary N) is 2. The van der Waals surface area contributed by atoms with Crippen LogP contribution in [-0.4, -0.2) is 24.2 Å². The molecule has 0 unspecified atom stereocenters. The van der Waals surface area contributed by atoms with Crippen molar-refractivity contribution in [1.82, 2.24) is 9.97 Å². The van der Waals surface area contributed by atoms with Gasteiger partial charge in [-0.2, -0.15) is 5.26 Å². The van der Waals surface area contributed by atoms with Gasteiger partial charge < -0.3 is 4.98 Å². The fourth-order valence-electron chi connectivity index (χ4n) is 3.11. The second kappa shape index (κ2) is 8.03. The maximum Gasteiger partial charge on any atom is 0.265 e. The highest BCUT2D eigenvalue weighted by molar-refractivity contribution is 7.92. The van der Waals surface area contributed by atoms with E-state index in [-0.39, 0.29) is 22.2 Å². The molecule has 2 N–H and O–H groups in total. The number of ketones is 1. The maximum absolute atomic E-state index is 15.1. The summed E-state index contributed by atoms with van der Waals surface area (Å²) >= 11 is 0. The van der Waals surface area contributed by atoms with Crippen molar-refractivity contribution in [3.8, 4) is 6.07 Å². The van der Waals surface area contributed by atoms with E-state index in [0.29, 0.717) is 30.3 Å². The summed E-state index contributed by atoms with van der Waals surface area (Å²) in [4.78, 5) is 18.4. The van der Waals surface area contributed by atoms with Crippen molar-refractivity contribution in [2.75, 3.05) is 4.72 Å². The number of hydrogen-bond acceptors (Lipinski definition) is 5. The van der Waals surface area contributed by atoms with Crippen LogP contribution in [0.25, 0.3) is 11.0 Å². The third-order valence-corrected chi connectivity index (χ3v) is 6.03. The smallest absolute Gasteiger partial charge is 0.265 e. The zero-order valence-corrected chi connectivity index (χ0v) is 17.0. The normalized spacial score (nSPS) is 11.4. The summed E-state index contributed by atoms with van der Waals surface area (Å²) < 4.78 is 83.5. The van der Waals surface area contributed by atoms with Gasteiger partial charge in [0, 0.05) is 23.3 Å². The second-order valence-electron chi connectivity index (χ2n) is 6.73. The van der Waals surface area contributed by atoms with Crippen molar-refractivity contribution in [2.24, 2.45) is 0 Å². The third-order valence-electron chi connectivity index (χ3n) is 4.65. The minimum absolute atomic E-state index is 0.0933. The first-order valence-electron chi connectivity index (χ1n) is 9.00. The number of hydrogen-bond donors (Lipinski definition) is 2. The Hall–Kier alpha value is -4.24. The van der Waals surface area contributed by atoms with Crippen molar-refractivity contribution in [3.05, 3.63) is 88.8 Å². The number of benzene rings is 2. The van der Waals surface area contributed by atoms with Crippen LogP contribution in [0.4, 0.5) is 23.2 Å². The Morgan fingerprint density at radius 3 is 2.52 bits per heavy atom. The van der Waals surface area contributed by atoms with Gasteiger partial charge in [-0.05, 0) is 36.4 Å². The molecule has 0 spiro atoms. The first-order chi connectivity index (χ1) is 15.6. The Labute approximate surface area is 183 Å². The summed E-state index contributed by atoms with van der Waals surface area (Å²) in [6.45, 7) is 0. The third kappa shape index (κ3) is 3.90. The van der Waals surface area contributed by atoms with E-state index in [9.17, 15) is 26.4 Å². The first kappa shape index (κ1) is 22.0. The molecule has 2 aromatic heterocycles. The number of pyridine rings is 1. The summed E-state index contributed by atoms with van der Waals surface area (Å²) in [5.41, 5.74) is -1.91. The summed E-state index contributed by atoms with van der Waals surface area (Å²) in [7, 11) is -4.83. The predicted molar refractivity (Wildman–Crippen MR) is 108 cm³/mol.